The molecule has 0 saturated heterocycles. The normalized spacial score (nSPS) is 13.1. The number of rotatable bonds is 7. The Morgan fingerprint density at radius 3 is 2.35 bits per heavy atom. The van der Waals surface area contributed by atoms with E-state index in [9.17, 15) is 0 Å². The van der Waals surface area contributed by atoms with Crippen LogP contribution in [0.5, 0.6) is 0 Å². The van der Waals surface area contributed by atoms with E-state index in [0.717, 1.165) is 17.5 Å². The number of nitrogens with one attached hydrogen (secondary N) is 2. The average molecular weight is 282 g/mol. The summed E-state index contributed by atoms with van der Waals surface area (Å²) in [5.74, 6) is 2.38. The summed E-state index contributed by atoms with van der Waals surface area (Å²) >= 11 is 0. The topological polar surface area (TPSA) is 68.3 Å². The first-order valence-electron chi connectivity index (χ1n) is 6.73. The van der Waals surface area contributed by atoms with Gasteiger partial charge in [0.15, 0.2) is 0 Å². The number of nitrogens with zero attached hydrogens (tertiary/aromatic N) is 2. The summed E-state index contributed by atoms with van der Waals surface area (Å²) in [5.41, 5.74) is -0.101. The lowest BCUT2D eigenvalue weighted by atomic mass is 9.96. The third-order valence-electron chi connectivity index (χ3n) is 2.85. The van der Waals surface area contributed by atoms with E-state index < -0.39 is 0 Å². The van der Waals surface area contributed by atoms with Crippen LogP contribution in [0.15, 0.2) is 6.07 Å². The Kier molecular flexibility index (Phi) is 6.16. The highest BCUT2D eigenvalue weighted by atomic mass is 16.5. The predicted octanol–water partition coefficient (Wildman–Crippen LogP) is 1.89. The van der Waals surface area contributed by atoms with Crippen molar-refractivity contribution in [2.45, 2.75) is 32.3 Å². The number of ether oxygens (including phenoxy) is 2. The van der Waals surface area contributed by atoms with Gasteiger partial charge in [-0.1, -0.05) is 20.8 Å². The molecule has 1 rings (SSSR count). The van der Waals surface area contributed by atoms with E-state index in [1.54, 1.807) is 14.2 Å². The number of anilines is 2. The van der Waals surface area contributed by atoms with Gasteiger partial charge >= 0.3 is 0 Å². The fourth-order valence-electron chi connectivity index (χ4n) is 1.62. The first-order valence-corrected chi connectivity index (χ1v) is 6.73. The summed E-state index contributed by atoms with van der Waals surface area (Å²) in [7, 11) is 5.18. The molecular formula is C14H26N4O2. The molecule has 0 saturated carbocycles. The Balaban J connectivity index is 2.84. The van der Waals surface area contributed by atoms with Gasteiger partial charge in [0.05, 0.1) is 12.7 Å². The van der Waals surface area contributed by atoms with Crippen molar-refractivity contribution in [2.75, 3.05) is 45.1 Å². The maximum Gasteiger partial charge on any atom is 0.138 e. The zero-order chi connectivity index (χ0) is 15.2. The molecule has 0 spiro atoms. The van der Waals surface area contributed by atoms with Crippen LogP contribution in [0.2, 0.25) is 0 Å². The highest BCUT2D eigenvalue weighted by Gasteiger charge is 2.19. The van der Waals surface area contributed by atoms with Gasteiger partial charge in [-0.15, -0.1) is 0 Å². The molecule has 1 heterocycles. The zero-order valence-electron chi connectivity index (χ0n) is 13.3. The maximum atomic E-state index is 5.32. The standard InChI is InChI=1S/C14H26N4O2/c1-14(2,3)13-17-11(15-4)7-12(18-13)16-8-10(20-6)9-19-5/h7,10H,8-9H2,1-6H3,(H2,15,16,17,18). The van der Waals surface area contributed by atoms with Gasteiger partial charge in [-0.25, -0.2) is 9.97 Å². The van der Waals surface area contributed by atoms with E-state index in [4.69, 9.17) is 9.47 Å². The van der Waals surface area contributed by atoms with Crippen molar-refractivity contribution in [3.05, 3.63) is 11.9 Å². The number of hydrogen-bond acceptors (Lipinski definition) is 6. The summed E-state index contributed by atoms with van der Waals surface area (Å²) < 4.78 is 10.4. The molecule has 0 amide bonds. The Morgan fingerprint density at radius 1 is 1.20 bits per heavy atom. The third kappa shape index (κ3) is 4.94. The van der Waals surface area contributed by atoms with Crippen LogP contribution in [0.1, 0.15) is 26.6 Å². The minimum absolute atomic E-state index is 0.00825. The third-order valence-corrected chi connectivity index (χ3v) is 2.85. The molecule has 20 heavy (non-hydrogen) atoms. The van der Waals surface area contributed by atoms with Crippen LogP contribution in [-0.2, 0) is 14.9 Å². The molecule has 6 heteroatoms. The van der Waals surface area contributed by atoms with Gasteiger partial charge in [-0.05, 0) is 0 Å². The molecule has 1 unspecified atom stereocenters. The molecule has 6 nitrogen and oxygen atoms in total. The lowest BCUT2D eigenvalue weighted by Gasteiger charge is -2.20. The van der Waals surface area contributed by atoms with Gasteiger partial charge in [0.25, 0.3) is 0 Å². The molecule has 0 bridgehead atoms. The summed E-state index contributed by atoms with van der Waals surface area (Å²) in [6.07, 6.45) is -0.00825. The number of aromatic nitrogens is 2. The minimum atomic E-state index is -0.101. The SMILES string of the molecule is CNc1cc(NCC(COC)OC)nc(C(C)(C)C)n1. The van der Waals surface area contributed by atoms with Gasteiger partial charge in [0.1, 0.15) is 17.5 Å². The first kappa shape index (κ1) is 16.7. The van der Waals surface area contributed by atoms with E-state index in [0.29, 0.717) is 13.2 Å². The van der Waals surface area contributed by atoms with Crippen molar-refractivity contribution < 1.29 is 9.47 Å². The Labute approximate surface area is 121 Å². The number of hydrogen-bond donors (Lipinski definition) is 2. The van der Waals surface area contributed by atoms with Crippen LogP contribution in [-0.4, -0.2) is 50.5 Å². The maximum absolute atomic E-state index is 5.32. The van der Waals surface area contributed by atoms with Crippen molar-refractivity contribution in [1.82, 2.24) is 9.97 Å². The molecule has 0 fully saturated rings. The fourth-order valence-corrected chi connectivity index (χ4v) is 1.62. The van der Waals surface area contributed by atoms with E-state index >= 15 is 0 Å². The lowest BCUT2D eigenvalue weighted by Crippen LogP contribution is -2.27. The van der Waals surface area contributed by atoms with E-state index in [2.05, 4.69) is 41.4 Å². The second kappa shape index (κ2) is 7.40. The van der Waals surface area contributed by atoms with Crippen molar-refractivity contribution in [1.29, 1.82) is 0 Å². The molecule has 0 aliphatic heterocycles. The highest BCUT2D eigenvalue weighted by molar-refractivity contribution is 5.47. The summed E-state index contributed by atoms with van der Waals surface area (Å²) in [5, 5.41) is 6.33. The van der Waals surface area contributed by atoms with Crippen LogP contribution in [0.25, 0.3) is 0 Å². The Bertz CT molecular complexity index is 418. The van der Waals surface area contributed by atoms with Crippen LogP contribution in [0.3, 0.4) is 0 Å². The van der Waals surface area contributed by atoms with Gasteiger partial charge in [-0.2, -0.15) is 0 Å². The molecule has 1 atom stereocenters. The quantitative estimate of drug-likeness (QED) is 0.796. The predicted molar refractivity (Wildman–Crippen MR) is 81.4 cm³/mol. The zero-order valence-corrected chi connectivity index (χ0v) is 13.3. The first-order chi connectivity index (χ1) is 9.40. The summed E-state index contributed by atoms with van der Waals surface area (Å²) in [6.45, 7) is 7.45. The molecule has 0 aromatic carbocycles. The van der Waals surface area contributed by atoms with Crippen molar-refractivity contribution in [3.63, 3.8) is 0 Å². The van der Waals surface area contributed by atoms with Crippen LogP contribution < -0.4 is 10.6 Å². The monoisotopic (exact) mass is 282 g/mol. The van der Waals surface area contributed by atoms with Crippen LogP contribution in [0.4, 0.5) is 11.6 Å². The van der Waals surface area contributed by atoms with Crippen molar-refractivity contribution in [3.8, 4) is 0 Å². The molecule has 1 aromatic heterocycles. The summed E-state index contributed by atoms with van der Waals surface area (Å²) in [4.78, 5) is 9.05. The largest absolute Gasteiger partial charge is 0.382 e. The van der Waals surface area contributed by atoms with Gasteiger partial charge < -0.3 is 20.1 Å². The molecule has 0 radical (unpaired) electrons. The molecule has 0 aliphatic rings. The lowest BCUT2D eigenvalue weighted by molar-refractivity contribution is 0.0365. The average Bonchev–Trinajstić information content (AvgIpc) is 2.42. The molecule has 2 N–H and O–H groups in total. The molecular weight excluding hydrogens is 256 g/mol. The van der Waals surface area contributed by atoms with E-state index in [1.807, 2.05) is 13.1 Å². The van der Waals surface area contributed by atoms with Gasteiger partial charge in [0.2, 0.25) is 0 Å². The van der Waals surface area contributed by atoms with Crippen LogP contribution >= 0.6 is 0 Å². The summed E-state index contributed by atoms with van der Waals surface area (Å²) in [6, 6.07) is 1.88. The van der Waals surface area contributed by atoms with Gasteiger partial charge in [-0.3, -0.25) is 0 Å². The van der Waals surface area contributed by atoms with Crippen LogP contribution in [0, 0.1) is 0 Å². The Hall–Kier alpha value is -1.40. The second-order valence-electron chi connectivity index (χ2n) is 5.66. The minimum Gasteiger partial charge on any atom is -0.382 e. The smallest absolute Gasteiger partial charge is 0.138 e. The van der Waals surface area contributed by atoms with E-state index in [-0.39, 0.29) is 11.5 Å². The fraction of sp³-hybridized carbons (Fsp3) is 0.714. The molecule has 114 valence electrons. The highest BCUT2D eigenvalue weighted by Crippen LogP contribution is 2.22. The van der Waals surface area contributed by atoms with Crippen molar-refractivity contribution in [2.24, 2.45) is 0 Å². The number of methoxy groups -OCH3 is 2. The van der Waals surface area contributed by atoms with E-state index in [1.165, 1.54) is 0 Å². The Morgan fingerprint density at radius 2 is 1.85 bits per heavy atom. The molecule has 0 aliphatic carbocycles. The van der Waals surface area contributed by atoms with Gasteiger partial charge in [0, 0.05) is 39.3 Å². The molecule has 1 aromatic rings. The second-order valence-corrected chi connectivity index (χ2v) is 5.66. The van der Waals surface area contributed by atoms with Crippen molar-refractivity contribution >= 4 is 11.6 Å².